The topological polar surface area (TPSA) is 83.9 Å². The first-order chi connectivity index (χ1) is 10.1. The van der Waals surface area contributed by atoms with Gasteiger partial charge in [0.2, 0.25) is 5.88 Å². The van der Waals surface area contributed by atoms with Gasteiger partial charge in [0.15, 0.2) is 0 Å². The Morgan fingerprint density at radius 2 is 2.09 bits per heavy atom. The molecule has 124 valence electrons. The number of pyridine rings is 1. The van der Waals surface area contributed by atoms with Crippen molar-refractivity contribution in [3.63, 3.8) is 0 Å². The van der Waals surface area contributed by atoms with Gasteiger partial charge >= 0.3 is 6.09 Å². The minimum absolute atomic E-state index is 0.326. The van der Waals surface area contributed by atoms with Crippen molar-refractivity contribution in [3.05, 3.63) is 17.8 Å². The SMILES string of the molecule is COc1ncc(NC(=O)OC(C)(C)C)cc1CC(O)N(C)C. The molecule has 1 aromatic rings. The van der Waals surface area contributed by atoms with Gasteiger partial charge in [-0.2, -0.15) is 0 Å². The monoisotopic (exact) mass is 311 g/mol. The molecule has 1 heterocycles. The second kappa shape index (κ2) is 7.42. The zero-order valence-corrected chi connectivity index (χ0v) is 14.0. The molecular formula is C15H25N3O4. The number of carbonyl (C=O) groups excluding carboxylic acids is 1. The maximum atomic E-state index is 11.8. The van der Waals surface area contributed by atoms with E-state index in [-0.39, 0.29) is 0 Å². The number of hydrogen-bond acceptors (Lipinski definition) is 6. The quantitative estimate of drug-likeness (QED) is 0.808. The lowest BCUT2D eigenvalue weighted by atomic mass is 10.1. The van der Waals surface area contributed by atoms with Gasteiger partial charge in [-0.3, -0.25) is 10.2 Å². The minimum atomic E-state index is -0.674. The number of anilines is 1. The van der Waals surface area contributed by atoms with Crippen molar-refractivity contribution in [1.29, 1.82) is 0 Å². The molecule has 0 aromatic carbocycles. The van der Waals surface area contributed by atoms with Gasteiger partial charge in [0.1, 0.15) is 11.8 Å². The van der Waals surface area contributed by atoms with Gasteiger partial charge in [-0.05, 0) is 40.9 Å². The van der Waals surface area contributed by atoms with E-state index in [1.165, 1.54) is 13.3 Å². The molecule has 0 spiro atoms. The molecule has 0 aliphatic rings. The van der Waals surface area contributed by atoms with E-state index in [0.29, 0.717) is 23.6 Å². The lowest BCUT2D eigenvalue weighted by Gasteiger charge is -2.21. The molecule has 1 atom stereocenters. The molecule has 0 aliphatic carbocycles. The van der Waals surface area contributed by atoms with Crippen molar-refractivity contribution in [2.45, 2.75) is 39.0 Å². The number of amides is 1. The van der Waals surface area contributed by atoms with E-state index in [1.807, 2.05) is 0 Å². The van der Waals surface area contributed by atoms with Gasteiger partial charge in [0, 0.05) is 12.0 Å². The molecule has 2 N–H and O–H groups in total. The van der Waals surface area contributed by atoms with Gasteiger partial charge in [-0.15, -0.1) is 0 Å². The zero-order valence-electron chi connectivity index (χ0n) is 14.0. The number of aliphatic hydroxyl groups excluding tert-OH is 1. The summed E-state index contributed by atoms with van der Waals surface area (Å²) < 4.78 is 10.4. The van der Waals surface area contributed by atoms with Crippen molar-refractivity contribution in [3.8, 4) is 5.88 Å². The number of nitrogens with zero attached hydrogens (tertiary/aromatic N) is 2. The Morgan fingerprint density at radius 3 is 2.59 bits per heavy atom. The number of methoxy groups -OCH3 is 1. The second-order valence-electron chi connectivity index (χ2n) is 6.17. The van der Waals surface area contributed by atoms with Crippen LogP contribution in [0.5, 0.6) is 5.88 Å². The van der Waals surface area contributed by atoms with Gasteiger partial charge in [-0.25, -0.2) is 9.78 Å². The largest absolute Gasteiger partial charge is 0.481 e. The van der Waals surface area contributed by atoms with E-state index in [0.717, 1.165) is 0 Å². The number of hydrogen-bond donors (Lipinski definition) is 2. The molecule has 0 saturated carbocycles. The Hall–Kier alpha value is -1.86. The fraction of sp³-hybridized carbons (Fsp3) is 0.600. The highest BCUT2D eigenvalue weighted by molar-refractivity contribution is 5.84. The van der Waals surface area contributed by atoms with Gasteiger partial charge in [0.25, 0.3) is 0 Å². The molecule has 0 aliphatic heterocycles. The van der Waals surface area contributed by atoms with E-state index in [1.54, 1.807) is 45.8 Å². The van der Waals surface area contributed by atoms with E-state index >= 15 is 0 Å². The first-order valence-corrected chi connectivity index (χ1v) is 7.00. The predicted molar refractivity (Wildman–Crippen MR) is 84.0 cm³/mol. The fourth-order valence-electron chi connectivity index (χ4n) is 1.70. The lowest BCUT2D eigenvalue weighted by molar-refractivity contribution is 0.0407. The first-order valence-electron chi connectivity index (χ1n) is 7.00. The Kier molecular flexibility index (Phi) is 6.13. The van der Waals surface area contributed by atoms with E-state index in [2.05, 4.69) is 10.3 Å². The number of aliphatic hydroxyl groups is 1. The fourth-order valence-corrected chi connectivity index (χ4v) is 1.70. The Bertz CT molecular complexity index is 512. The number of carbonyl (C=O) groups is 1. The van der Waals surface area contributed by atoms with Gasteiger partial charge < -0.3 is 14.6 Å². The van der Waals surface area contributed by atoms with Crippen molar-refractivity contribution in [2.24, 2.45) is 0 Å². The Morgan fingerprint density at radius 1 is 1.45 bits per heavy atom. The molecular weight excluding hydrogens is 286 g/mol. The molecule has 0 saturated heterocycles. The first kappa shape index (κ1) is 18.2. The summed E-state index contributed by atoms with van der Waals surface area (Å²) in [5.74, 6) is 0.413. The molecule has 1 amide bonds. The third-order valence-electron chi connectivity index (χ3n) is 2.76. The molecule has 1 aromatic heterocycles. The van der Waals surface area contributed by atoms with Crippen molar-refractivity contribution >= 4 is 11.8 Å². The van der Waals surface area contributed by atoms with Crippen LogP contribution in [0.4, 0.5) is 10.5 Å². The second-order valence-corrected chi connectivity index (χ2v) is 6.17. The third-order valence-corrected chi connectivity index (χ3v) is 2.76. The van der Waals surface area contributed by atoms with Crippen LogP contribution >= 0.6 is 0 Å². The Balaban J connectivity index is 2.88. The average molecular weight is 311 g/mol. The zero-order chi connectivity index (χ0) is 16.9. The normalized spacial score (nSPS) is 12.9. The molecule has 0 bridgehead atoms. The summed E-state index contributed by atoms with van der Waals surface area (Å²) in [4.78, 5) is 17.6. The third kappa shape index (κ3) is 5.87. The van der Waals surface area contributed by atoms with Crippen LogP contribution < -0.4 is 10.1 Å². The number of aromatic nitrogens is 1. The van der Waals surface area contributed by atoms with Crippen LogP contribution in [0, 0.1) is 0 Å². The summed E-state index contributed by atoms with van der Waals surface area (Å²) in [5.41, 5.74) is 0.599. The highest BCUT2D eigenvalue weighted by atomic mass is 16.6. The maximum absolute atomic E-state index is 11.8. The van der Waals surface area contributed by atoms with Crippen molar-refractivity contribution in [1.82, 2.24) is 9.88 Å². The average Bonchev–Trinajstić information content (AvgIpc) is 2.36. The number of likely N-dealkylation sites (N-methyl/N-ethyl adjacent to an activating group) is 1. The maximum Gasteiger partial charge on any atom is 0.412 e. The summed E-state index contributed by atoms with van der Waals surface area (Å²) in [7, 11) is 5.05. The van der Waals surface area contributed by atoms with Crippen LogP contribution in [-0.2, 0) is 11.2 Å². The van der Waals surface area contributed by atoms with E-state index < -0.39 is 17.9 Å². The van der Waals surface area contributed by atoms with Gasteiger partial charge in [0.05, 0.1) is 19.0 Å². The smallest absolute Gasteiger partial charge is 0.412 e. The number of ether oxygens (including phenoxy) is 2. The molecule has 0 radical (unpaired) electrons. The van der Waals surface area contributed by atoms with E-state index in [4.69, 9.17) is 9.47 Å². The molecule has 22 heavy (non-hydrogen) atoms. The Labute approximate surface area is 131 Å². The standard InChI is InChI=1S/C15H25N3O4/c1-15(2,3)22-14(20)17-11-7-10(8-12(19)18(4)5)13(21-6)16-9-11/h7,9,12,19H,8H2,1-6H3,(H,17,20). The number of rotatable bonds is 5. The van der Waals surface area contributed by atoms with Crippen molar-refractivity contribution < 1.29 is 19.4 Å². The summed E-state index contributed by atoms with van der Waals surface area (Å²) in [6.07, 6.45) is 0.576. The molecule has 0 fully saturated rings. The van der Waals surface area contributed by atoms with Crippen LogP contribution in [-0.4, -0.2) is 54.1 Å². The van der Waals surface area contributed by atoms with Crippen LogP contribution in [0.2, 0.25) is 0 Å². The summed E-state index contributed by atoms with van der Waals surface area (Å²) in [6, 6.07) is 1.71. The van der Waals surface area contributed by atoms with Crippen LogP contribution in [0.25, 0.3) is 0 Å². The summed E-state index contributed by atoms with van der Waals surface area (Å²) >= 11 is 0. The highest BCUT2D eigenvalue weighted by Gasteiger charge is 2.18. The highest BCUT2D eigenvalue weighted by Crippen LogP contribution is 2.22. The molecule has 7 nitrogen and oxygen atoms in total. The minimum Gasteiger partial charge on any atom is -0.481 e. The molecule has 1 unspecified atom stereocenters. The molecule has 1 rings (SSSR count). The van der Waals surface area contributed by atoms with Crippen LogP contribution in [0.3, 0.4) is 0 Å². The van der Waals surface area contributed by atoms with Crippen LogP contribution in [0.1, 0.15) is 26.3 Å². The van der Waals surface area contributed by atoms with E-state index in [9.17, 15) is 9.90 Å². The lowest BCUT2D eigenvalue weighted by Crippen LogP contribution is -2.30. The van der Waals surface area contributed by atoms with Gasteiger partial charge in [-0.1, -0.05) is 0 Å². The van der Waals surface area contributed by atoms with Crippen molar-refractivity contribution in [2.75, 3.05) is 26.5 Å². The molecule has 7 heteroatoms. The van der Waals surface area contributed by atoms with Crippen LogP contribution in [0.15, 0.2) is 12.3 Å². The number of nitrogens with one attached hydrogen (secondary N) is 1. The summed E-state index contributed by atoms with van der Waals surface area (Å²) in [6.45, 7) is 5.37. The predicted octanol–water partition coefficient (Wildman–Crippen LogP) is 1.86. The summed E-state index contributed by atoms with van der Waals surface area (Å²) in [5, 5.41) is 12.6.